The molecule has 6 heteroatoms. The molecule has 0 radical (unpaired) electrons. The normalized spacial score (nSPS) is 19.1. The summed E-state index contributed by atoms with van der Waals surface area (Å²) in [6, 6.07) is 6.45. The number of carbonyl (C=O) groups is 1. The third-order valence-corrected chi connectivity index (χ3v) is 2.34. The molecule has 1 atom stereocenters. The van der Waals surface area contributed by atoms with E-state index < -0.39 is 12.1 Å². The lowest BCUT2D eigenvalue weighted by atomic mass is 10.2. The fourth-order valence-electron chi connectivity index (χ4n) is 1.48. The number of β-amino-alcohol motifs (C(OH)–C–C–N with tert-alkyl or cyclic N) is 1. The number of hydrogen-bond donors (Lipinski definition) is 4. The van der Waals surface area contributed by atoms with E-state index >= 15 is 0 Å². The van der Waals surface area contributed by atoms with E-state index in [4.69, 9.17) is 5.11 Å². The number of guanidine groups is 1. The minimum absolute atomic E-state index is 0.214. The lowest BCUT2D eigenvalue weighted by molar-refractivity contribution is 0.0697. The summed E-state index contributed by atoms with van der Waals surface area (Å²) in [5, 5.41) is 23.9. The highest BCUT2D eigenvalue weighted by atomic mass is 16.4. The maximum atomic E-state index is 10.8. The molecule has 1 heterocycles. The fraction of sp³-hybridized carbons (Fsp3) is 0.273. The van der Waals surface area contributed by atoms with Crippen molar-refractivity contribution < 1.29 is 15.0 Å². The second kappa shape index (κ2) is 4.84. The number of carboxylic acid groups (broad SMARTS) is 1. The lowest BCUT2D eigenvalue weighted by Gasteiger charge is -2.19. The Balaban J connectivity index is 2.08. The average molecular weight is 235 g/mol. The van der Waals surface area contributed by atoms with E-state index in [1.165, 1.54) is 12.1 Å². The fourth-order valence-corrected chi connectivity index (χ4v) is 1.48. The molecule has 0 amide bonds. The van der Waals surface area contributed by atoms with Gasteiger partial charge >= 0.3 is 5.97 Å². The van der Waals surface area contributed by atoms with Crippen molar-refractivity contribution in [2.75, 3.05) is 18.4 Å². The highest BCUT2D eigenvalue weighted by molar-refractivity contribution is 5.96. The predicted octanol–water partition coefficient (Wildman–Crippen LogP) is 0.117. The first-order valence-electron chi connectivity index (χ1n) is 5.22. The molecule has 1 unspecified atom stereocenters. The van der Waals surface area contributed by atoms with Crippen molar-refractivity contribution in [2.24, 2.45) is 4.99 Å². The number of anilines is 1. The van der Waals surface area contributed by atoms with Crippen LogP contribution in [0, 0.1) is 0 Å². The van der Waals surface area contributed by atoms with Crippen LogP contribution in [0.3, 0.4) is 0 Å². The van der Waals surface area contributed by atoms with Gasteiger partial charge in [0.25, 0.3) is 0 Å². The molecule has 0 saturated heterocycles. The summed E-state index contributed by atoms with van der Waals surface area (Å²) in [4.78, 5) is 14.9. The average Bonchev–Trinajstić information content (AvgIpc) is 2.32. The Bertz CT molecular complexity index is 459. The second-order valence-corrected chi connectivity index (χ2v) is 3.73. The minimum atomic E-state index is -0.970. The summed E-state index contributed by atoms with van der Waals surface area (Å²) in [6.07, 6.45) is -0.467. The number of nitrogens with one attached hydrogen (secondary N) is 2. The molecule has 90 valence electrons. The molecule has 6 nitrogen and oxygen atoms in total. The van der Waals surface area contributed by atoms with Crippen LogP contribution in [0.5, 0.6) is 0 Å². The molecule has 2 rings (SSSR count). The summed E-state index contributed by atoms with van der Waals surface area (Å²) in [7, 11) is 0. The molecule has 1 aliphatic heterocycles. The largest absolute Gasteiger partial charge is 0.478 e. The van der Waals surface area contributed by atoms with Crippen LogP contribution in [0.25, 0.3) is 0 Å². The standard InChI is InChI=1S/C11H13N3O3/c15-9-5-12-11(13-6-9)14-8-3-1-2-7(4-8)10(16)17/h1-4,9,15H,5-6H2,(H,16,17)(H2,12,13,14). The quantitative estimate of drug-likeness (QED) is 0.584. The number of hydrogen-bond acceptors (Lipinski definition) is 5. The number of rotatable bonds is 2. The van der Waals surface area contributed by atoms with Gasteiger partial charge in [0.15, 0.2) is 5.96 Å². The third-order valence-electron chi connectivity index (χ3n) is 2.34. The monoisotopic (exact) mass is 235 g/mol. The van der Waals surface area contributed by atoms with Gasteiger partial charge in [-0.3, -0.25) is 4.99 Å². The SMILES string of the molecule is O=C(O)c1cccc(NC2=NCC(O)CN2)c1. The van der Waals surface area contributed by atoms with Gasteiger partial charge in [-0.1, -0.05) is 6.07 Å². The highest BCUT2D eigenvalue weighted by Crippen LogP contribution is 2.10. The number of nitrogens with zero attached hydrogens (tertiary/aromatic N) is 1. The number of aromatic carboxylic acids is 1. The molecule has 4 N–H and O–H groups in total. The van der Waals surface area contributed by atoms with Crippen LogP contribution in [-0.2, 0) is 0 Å². The van der Waals surface area contributed by atoms with E-state index in [9.17, 15) is 9.90 Å². The van der Waals surface area contributed by atoms with E-state index in [2.05, 4.69) is 15.6 Å². The molecule has 1 aromatic rings. The van der Waals surface area contributed by atoms with Crippen LogP contribution >= 0.6 is 0 Å². The van der Waals surface area contributed by atoms with Gasteiger partial charge in [-0.05, 0) is 18.2 Å². The molecular formula is C11H13N3O3. The van der Waals surface area contributed by atoms with Crippen molar-refractivity contribution in [3.63, 3.8) is 0 Å². The first-order chi connectivity index (χ1) is 8.15. The van der Waals surface area contributed by atoms with E-state index in [-0.39, 0.29) is 5.56 Å². The molecule has 0 aromatic heterocycles. The third kappa shape index (κ3) is 2.94. The van der Waals surface area contributed by atoms with Gasteiger partial charge in [-0.2, -0.15) is 0 Å². The van der Waals surface area contributed by atoms with Crippen molar-refractivity contribution in [1.29, 1.82) is 0 Å². The molecule has 1 aliphatic rings. The highest BCUT2D eigenvalue weighted by Gasteiger charge is 2.12. The van der Waals surface area contributed by atoms with Crippen molar-refractivity contribution in [1.82, 2.24) is 5.32 Å². The van der Waals surface area contributed by atoms with Gasteiger partial charge in [-0.15, -0.1) is 0 Å². The maximum Gasteiger partial charge on any atom is 0.335 e. The first-order valence-corrected chi connectivity index (χ1v) is 5.22. The molecule has 0 bridgehead atoms. The topological polar surface area (TPSA) is 94.0 Å². The number of benzene rings is 1. The van der Waals surface area contributed by atoms with Crippen LogP contribution in [-0.4, -0.2) is 41.3 Å². The van der Waals surface area contributed by atoms with Gasteiger partial charge in [-0.25, -0.2) is 4.79 Å². The predicted molar refractivity (Wildman–Crippen MR) is 63.3 cm³/mol. The van der Waals surface area contributed by atoms with Crippen molar-refractivity contribution >= 4 is 17.6 Å². The van der Waals surface area contributed by atoms with Crippen molar-refractivity contribution in [2.45, 2.75) is 6.10 Å². The van der Waals surface area contributed by atoms with E-state index in [1.807, 2.05) is 0 Å². The molecular weight excluding hydrogens is 222 g/mol. The smallest absolute Gasteiger partial charge is 0.335 e. The summed E-state index contributed by atoms with van der Waals surface area (Å²) in [6.45, 7) is 0.776. The number of aliphatic imine (C=N–C) groups is 1. The molecule has 0 saturated carbocycles. The zero-order chi connectivity index (χ0) is 12.3. The maximum absolute atomic E-state index is 10.8. The number of carboxylic acids is 1. The number of aliphatic hydroxyl groups excluding tert-OH is 1. The van der Waals surface area contributed by atoms with Gasteiger partial charge in [0, 0.05) is 12.2 Å². The molecule has 1 aromatic carbocycles. The minimum Gasteiger partial charge on any atom is -0.478 e. The van der Waals surface area contributed by atoms with Crippen LogP contribution in [0.2, 0.25) is 0 Å². The van der Waals surface area contributed by atoms with Gasteiger partial charge in [0.05, 0.1) is 18.2 Å². The van der Waals surface area contributed by atoms with Crippen molar-refractivity contribution in [3.8, 4) is 0 Å². The summed E-state index contributed by atoms with van der Waals surface area (Å²) in [5.41, 5.74) is 0.860. The van der Waals surface area contributed by atoms with Crippen LogP contribution < -0.4 is 10.6 Å². The molecule has 0 aliphatic carbocycles. The summed E-state index contributed by atoms with van der Waals surface area (Å²) in [5.74, 6) is -0.430. The molecule has 17 heavy (non-hydrogen) atoms. The first kappa shape index (κ1) is 11.4. The van der Waals surface area contributed by atoms with Gasteiger partial charge in [0.1, 0.15) is 0 Å². The van der Waals surface area contributed by atoms with E-state index in [0.717, 1.165) is 0 Å². The second-order valence-electron chi connectivity index (χ2n) is 3.73. The Morgan fingerprint density at radius 2 is 2.35 bits per heavy atom. The van der Waals surface area contributed by atoms with Crippen LogP contribution in [0.15, 0.2) is 29.3 Å². The van der Waals surface area contributed by atoms with E-state index in [0.29, 0.717) is 24.7 Å². The van der Waals surface area contributed by atoms with E-state index in [1.54, 1.807) is 12.1 Å². The van der Waals surface area contributed by atoms with Crippen LogP contribution in [0.1, 0.15) is 10.4 Å². The lowest BCUT2D eigenvalue weighted by Crippen LogP contribution is -2.42. The number of aliphatic hydroxyl groups is 1. The van der Waals surface area contributed by atoms with Gasteiger partial charge < -0.3 is 20.8 Å². The Morgan fingerprint density at radius 1 is 1.53 bits per heavy atom. The van der Waals surface area contributed by atoms with Gasteiger partial charge in [0.2, 0.25) is 0 Å². The Labute approximate surface area is 98.0 Å². The Morgan fingerprint density at radius 3 is 3.00 bits per heavy atom. The molecule has 0 spiro atoms. The van der Waals surface area contributed by atoms with Crippen LogP contribution in [0.4, 0.5) is 5.69 Å². The Hall–Kier alpha value is -2.08. The Kier molecular flexibility index (Phi) is 3.24. The zero-order valence-electron chi connectivity index (χ0n) is 9.05. The molecule has 0 fully saturated rings. The summed E-state index contributed by atoms with van der Waals surface area (Å²) >= 11 is 0. The van der Waals surface area contributed by atoms with Crippen molar-refractivity contribution in [3.05, 3.63) is 29.8 Å². The zero-order valence-corrected chi connectivity index (χ0v) is 9.05. The summed E-state index contributed by atoms with van der Waals surface area (Å²) < 4.78 is 0.